The van der Waals surface area contributed by atoms with Crippen LogP contribution in [-0.4, -0.2) is 26.7 Å². The lowest BCUT2D eigenvalue weighted by atomic mass is 9.63. The molecule has 0 spiro atoms. The number of benzene rings is 1. The summed E-state index contributed by atoms with van der Waals surface area (Å²) in [6, 6.07) is 3.04. The number of hydrogen-bond acceptors (Lipinski definition) is 7. The Labute approximate surface area is 152 Å². The van der Waals surface area contributed by atoms with E-state index < -0.39 is 33.1 Å². The van der Waals surface area contributed by atoms with E-state index in [-0.39, 0.29) is 29.3 Å². The van der Waals surface area contributed by atoms with Gasteiger partial charge in [0, 0.05) is 6.07 Å². The normalized spacial score (nSPS) is 35.0. The molecule has 2 saturated carbocycles. The van der Waals surface area contributed by atoms with Crippen molar-refractivity contribution in [3.8, 4) is 0 Å². The van der Waals surface area contributed by atoms with Gasteiger partial charge in [-0.25, -0.2) is 0 Å². The molecule has 5 aliphatic rings. The van der Waals surface area contributed by atoms with Gasteiger partial charge in [0.1, 0.15) is 5.69 Å². The van der Waals surface area contributed by atoms with Crippen molar-refractivity contribution in [2.75, 3.05) is 5.43 Å². The van der Waals surface area contributed by atoms with Crippen LogP contribution in [0, 0.1) is 55.7 Å². The Morgan fingerprint density at radius 1 is 0.963 bits per heavy atom. The number of nitrogens with one attached hydrogen (secondary N) is 1. The van der Waals surface area contributed by atoms with Gasteiger partial charge in [-0.3, -0.25) is 35.2 Å². The number of nitro groups is 2. The zero-order valence-corrected chi connectivity index (χ0v) is 13.8. The summed E-state index contributed by atoms with van der Waals surface area (Å²) in [4.78, 5) is 46.4. The highest BCUT2D eigenvalue weighted by Crippen LogP contribution is 2.65. The molecule has 2 amide bonds. The van der Waals surface area contributed by atoms with Crippen LogP contribution in [0.25, 0.3) is 0 Å². The van der Waals surface area contributed by atoms with E-state index in [1.54, 1.807) is 0 Å². The number of carbonyl (C=O) groups excluding carboxylic acids is 2. The molecule has 1 heterocycles. The Morgan fingerprint density at radius 3 is 2.07 bits per heavy atom. The Bertz CT molecular complexity index is 923. The standard InChI is InChI=1S/C17H14N4O6/c22-16-14-8-2-3-9(11-6-10(8)11)15(14)17(23)19(16)18-12-4-1-7(20(24)25)5-13(12)21(26)27/h1-5,8-11,14-15,18H,6H2/t8-,9-,10-,11-,14-,15+/m1/s1. The summed E-state index contributed by atoms with van der Waals surface area (Å²) in [6.07, 6.45) is 5.10. The fraction of sp³-hybridized carbons (Fsp3) is 0.412. The Balaban J connectivity index is 1.47. The van der Waals surface area contributed by atoms with Gasteiger partial charge in [-0.15, -0.1) is 0 Å². The van der Waals surface area contributed by atoms with E-state index in [0.717, 1.165) is 29.6 Å². The minimum Gasteiger partial charge on any atom is -0.282 e. The van der Waals surface area contributed by atoms with Crippen LogP contribution in [-0.2, 0) is 9.59 Å². The molecule has 10 heteroatoms. The maximum Gasteiger partial charge on any atom is 0.300 e. The van der Waals surface area contributed by atoms with Crippen LogP contribution in [0.15, 0.2) is 30.4 Å². The number of nitro benzene ring substituents is 2. The van der Waals surface area contributed by atoms with Crippen molar-refractivity contribution in [1.29, 1.82) is 0 Å². The van der Waals surface area contributed by atoms with Crippen LogP contribution in [0.2, 0.25) is 0 Å². The smallest absolute Gasteiger partial charge is 0.282 e. The number of hydrazine groups is 1. The van der Waals surface area contributed by atoms with Crippen LogP contribution >= 0.6 is 0 Å². The molecule has 27 heavy (non-hydrogen) atoms. The SMILES string of the molecule is O=C1[C@@H]2[C@@H]3C=C[C@H]([C@H]4C[C@H]34)[C@@H]2C(=O)N1Nc1ccc([N+](=O)[O-])cc1[N+](=O)[O-]. The maximum absolute atomic E-state index is 12.9. The van der Waals surface area contributed by atoms with Gasteiger partial charge in [0.15, 0.2) is 0 Å². The summed E-state index contributed by atoms with van der Waals surface area (Å²) in [5, 5.41) is 23.0. The maximum atomic E-state index is 12.9. The molecule has 1 saturated heterocycles. The van der Waals surface area contributed by atoms with Gasteiger partial charge in [-0.2, -0.15) is 5.01 Å². The second-order valence-corrected chi connectivity index (χ2v) is 7.49. The summed E-state index contributed by atoms with van der Waals surface area (Å²) in [5.74, 6) is -0.648. The number of imide groups is 1. The monoisotopic (exact) mass is 370 g/mol. The first-order valence-electron chi connectivity index (χ1n) is 8.64. The fourth-order valence-electron chi connectivity index (χ4n) is 5.07. The molecule has 3 fully saturated rings. The van der Waals surface area contributed by atoms with Crippen LogP contribution in [0.4, 0.5) is 17.1 Å². The lowest BCUT2D eigenvalue weighted by molar-refractivity contribution is -0.393. The molecular formula is C17H14N4O6. The zero-order valence-electron chi connectivity index (χ0n) is 13.8. The molecule has 1 aromatic rings. The van der Waals surface area contributed by atoms with E-state index in [9.17, 15) is 29.8 Å². The predicted molar refractivity (Wildman–Crippen MR) is 89.9 cm³/mol. The van der Waals surface area contributed by atoms with Gasteiger partial charge >= 0.3 is 5.69 Å². The molecule has 0 unspecified atom stereocenters. The summed E-state index contributed by atoms with van der Waals surface area (Å²) in [5.41, 5.74) is 1.42. The summed E-state index contributed by atoms with van der Waals surface area (Å²) in [6.45, 7) is 0. The van der Waals surface area contributed by atoms with Crippen LogP contribution < -0.4 is 5.43 Å². The van der Waals surface area contributed by atoms with Crippen molar-refractivity contribution in [3.63, 3.8) is 0 Å². The van der Waals surface area contributed by atoms with E-state index in [4.69, 9.17) is 0 Å². The van der Waals surface area contributed by atoms with Crippen molar-refractivity contribution in [1.82, 2.24) is 5.01 Å². The van der Waals surface area contributed by atoms with Crippen molar-refractivity contribution in [3.05, 3.63) is 50.6 Å². The quantitative estimate of drug-likeness (QED) is 0.370. The van der Waals surface area contributed by atoms with E-state index in [1.165, 1.54) is 0 Å². The number of amides is 2. The van der Waals surface area contributed by atoms with Gasteiger partial charge in [-0.05, 0) is 36.2 Å². The third kappa shape index (κ3) is 2.06. The van der Waals surface area contributed by atoms with E-state index >= 15 is 0 Å². The summed E-state index contributed by atoms with van der Waals surface area (Å²) >= 11 is 0. The van der Waals surface area contributed by atoms with Gasteiger partial charge < -0.3 is 0 Å². The largest absolute Gasteiger partial charge is 0.300 e. The number of allylic oxidation sites excluding steroid dienone is 2. The van der Waals surface area contributed by atoms with E-state index in [2.05, 4.69) is 5.43 Å². The van der Waals surface area contributed by atoms with Crippen molar-refractivity contribution < 1.29 is 19.4 Å². The average molecular weight is 370 g/mol. The minimum absolute atomic E-state index is 0.0418. The van der Waals surface area contributed by atoms with Crippen LogP contribution in [0.5, 0.6) is 0 Å². The molecule has 1 aliphatic heterocycles. The number of rotatable bonds is 4. The fourth-order valence-corrected chi connectivity index (χ4v) is 5.07. The average Bonchev–Trinajstić information content (AvgIpc) is 3.42. The molecule has 0 radical (unpaired) electrons. The molecule has 4 aliphatic carbocycles. The molecule has 6 rings (SSSR count). The van der Waals surface area contributed by atoms with Crippen LogP contribution in [0.1, 0.15) is 6.42 Å². The molecule has 2 bridgehead atoms. The number of hydrogen-bond donors (Lipinski definition) is 1. The first-order chi connectivity index (χ1) is 12.9. The molecule has 0 aromatic heterocycles. The Kier molecular flexibility index (Phi) is 3.02. The molecule has 10 nitrogen and oxygen atoms in total. The molecular weight excluding hydrogens is 356 g/mol. The number of non-ortho nitro benzene ring substituents is 1. The molecule has 1 N–H and O–H groups in total. The predicted octanol–water partition coefficient (Wildman–Crippen LogP) is 1.88. The highest BCUT2D eigenvalue weighted by Gasteiger charge is 2.67. The van der Waals surface area contributed by atoms with Crippen molar-refractivity contribution in [2.45, 2.75) is 6.42 Å². The Hall–Kier alpha value is -3.30. The highest BCUT2D eigenvalue weighted by molar-refractivity contribution is 6.07. The van der Waals surface area contributed by atoms with E-state index in [1.807, 2.05) is 12.2 Å². The number of anilines is 1. The lowest BCUT2D eigenvalue weighted by Gasteiger charge is -2.37. The van der Waals surface area contributed by atoms with Crippen molar-refractivity contribution >= 4 is 28.9 Å². The third-order valence-corrected chi connectivity index (χ3v) is 6.28. The molecule has 1 aromatic carbocycles. The first kappa shape index (κ1) is 15.9. The third-order valence-electron chi connectivity index (χ3n) is 6.28. The number of nitrogens with zero attached hydrogens (tertiary/aromatic N) is 3. The Morgan fingerprint density at radius 2 is 1.56 bits per heavy atom. The topological polar surface area (TPSA) is 136 Å². The minimum atomic E-state index is -0.784. The zero-order chi connectivity index (χ0) is 19.0. The van der Waals surface area contributed by atoms with E-state index in [0.29, 0.717) is 11.8 Å². The highest BCUT2D eigenvalue weighted by atomic mass is 16.6. The van der Waals surface area contributed by atoms with Gasteiger partial charge in [0.25, 0.3) is 17.5 Å². The lowest BCUT2D eigenvalue weighted by Crippen LogP contribution is -2.40. The molecule has 138 valence electrons. The van der Waals surface area contributed by atoms with Gasteiger partial charge in [-0.1, -0.05) is 12.2 Å². The van der Waals surface area contributed by atoms with Gasteiger partial charge in [0.05, 0.1) is 27.7 Å². The number of carbonyl (C=O) groups is 2. The van der Waals surface area contributed by atoms with Crippen molar-refractivity contribution in [2.24, 2.45) is 35.5 Å². The first-order valence-corrected chi connectivity index (χ1v) is 8.64. The molecule has 6 atom stereocenters. The summed E-state index contributed by atoms with van der Waals surface area (Å²) in [7, 11) is 0. The summed E-state index contributed by atoms with van der Waals surface area (Å²) < 4.78 is 0. The second-order valence-electron chi connectivity index (χ2n) is 7.49. The van der Waals surface area contributed by atoms with Crippen LogP contribution in [0.3, 0.4) is 0 Å². The second kappa shape index (κ2) is 5.12. The van der Waals surface area contributed by atoms with Gasteiger partial charge in [0.2, 0.25) is 0 Å².